The van der Waals surface area contributed by atoms with Crippen LogP contribution in [-0.2, 0) is 31.6 Å². The molecule has 2 aromatic rings. The lowest BCUT2D eigenvalue weighted by Crippen LogP contribution is -2.43. The van der Waals surface area contributed by atoms with Gasteiger partial charge in [0.1, 0.15) is 29.2 Å². The molecule has 0 radical (unpaired) electrons. The van der Waals surface area contributed by atoms with E-state index in [1.807, 2.05) is 6.92 Å². The minimum absolute atomic E-state index is 0.0122. The van der Waals surface area contributed by atoms with Crippen molar-refractivity contribution in [2.24, 2.45) is 0 Å². The van der Waals surface area contributed by atoms with Gasteiger partial charge in [-0.25, -0.2) is 13.8 Å². The second-order valence-electron chi connectivity index (χ2n) is 7.64. The molecule has 180 valence electrons. The first-order valence-corrected chi connectivity index (χ1v) is 11.5. The number of nitrogens with zero attached hydrogens (tertiary/aromatic N) is 1. The van der Waals surface area contributed by atoms with Gasteiger partial charge in [0.25, 0.3) is 5.85 Å². The summed E-state index contributed by atoms with van der Waals surface area (Å²) in [5, 5.41) is 30.1. The largest absolute Gasteiger partial charge is 0.530 e. The van der Waals surface area contributed by atoms with Crippen molar-refractivity contribution in [3.8, 4) is 5.75 Å². The summed E-state index contributed by atoms with van der Waals surface area (Å²) < 4.78 is 65.7. The average molecular weight is 506 g/mol. The van der Waals surface area contributed by atoms with Crippen LogP contribution in [0.5, 0.6) is 5.75 Å². The van der Waals surface area contributed by atoms with Crippen LogP contribution in [0.25, 0.3) is 0 Å². The zero-order valence-corrected chi connectivity index (χ0v) is 19.1. The Morgan fingerprint density at radius 1 is 1.45 bits per heavy atom. The molecule has 0 aliphatic carbocycles. The highest BCUT2D eigenvalue weighted by molar-refractivity contribution is 7.71. The smallest absolute Gasteiger partial charge is 0.403 e. The molecule has 0 amide bonds. The minimum Gasteiger partial charge on any atom is -0.403 e. The number of hydrogen-bond donors (Lipinski definition) is 4. The first-order valence-electron chi connectivity index (χ1n) is 10.6. The number of ether oxygens (including phenoxy) is 1. The Labute approximate surface area is 194 Å². The fraction of sp³-hybridized carbons (Fsp3) is 0.474. The van der Waals surface area contributed by atoms with E-state index in [0.717, 1.165) is 11.8 Å². The Kier molecular flexibility index (Phi) is 5.67. The minimum atomic E-state index is -4.78. The summed E-state index contributed by atoms with van der Waals surface area (Å²) in [7, 11) is -4.78. The Bertz CT molecular complexity index is 1340. The molecule has 14 heteroatoms. The van der Waals surface area contributed by atoms with Crippen LogP contribution in [0.15, 0.2) is 23.1 Å². The molecular formula is C19H22FN2O9PS. The third-order valence-electron chi connectivity index (χ3n) is 5.15. The molecule has 11 nitrogen and oxygen atoms in total. The lowest BCUT2D eigenvalue weighted by molar-refractivity contribution is -0.205. The van der Waals surface area contributed by atoms with Crippen LogP contribution in [0.4, 0.5) is 4.39 Å². The lowest BCUT2D eigenvalue weighted by Gasteiger charge is -2.29. The van der Waals surface area contributed by atoms with Crippen molar-refractivity contribution in [1.82, 2.24) is 9.55 Å². The SMILES string of the molecule is [2H]C([2H])(OP1(=O)OCc2cc(C)cc(C)c2O1)[C@@]1(F)O[C@@H](n2cc(CO)c(=S)[nH]c2=O)[C@H](O)[C@@H]1O. The van der Waals surface area contributed by atoms with Crippen LogP contribution >= 0.6 is 20.0 Å². The molecule has 3 heterocycles. The van der Waals surface area contributed by atoms with Crippen LogP contribution in [-0.4, -0.2) is 49.5 Å². The molecule has 0 saturated carbocycles. The van der Waals surface area contributed by atoms with Gasteiger partial charge in [0.05, 0.1) is 16.0 Å². The van der Waals surface area contributed by atoms with Gasteiger partial charge in [0.2, 0.25) is 0 Å². The van der Waals surface area contributed by atoms with Crippen molar-refractivity contribution in [2.75, 3.05) is 6.56 Å². The maximum atomic E-state index is 15.9. The zero-order chi connectivity index (χ0) is 25.9. The Morgan fingerprint density at radius 2 is 2.18 bits per heavy atom. The molecule has 4 rings (SSSR count). The number of aromatic amines is 1. The molecule has 1 saturated heterocycles. The topological polar surface area (TPSA) is 152 Å². The monoisotopic (exact) mass is 506 g/mol. The van der Waals surface area contributed by atoms with Crippen LogP contribution in [0.3, 0.4) is 0 Å². The van der Waals surface area contributed by atoms with Gasteiger partial charge in [0.15, 0.2) is 6.23 Å². The van der Waals surface area contributed by atoms with Gasteiger partial charge in [-0.1, -0.05) is 29.9 Å². The van der Waals surface area contributed by atoms with E-state index in [-0.39, 0.29) is 22.6 Å². The molecule has 5 atom stereocenters. The van der Waals surface area contributed by atoms with Crippen molar-refractivity contribution in [3.63, 3.8) is 0 Å². The van der Waals surface area contributed by atoms with E-state index in [4.69, 9.17) is 33.3 Å². The lowest BCUT2D eigenvalue weighted by atomic mass is 10.1. The highest BCUT2D eigenvalue weighted by Crippen LogP contribution is 2.56. The molecule has 0 spiro atoms. The summed E-state index contributed by atoms with van der Waals surface area (Å²) >= 11 is 4.88. The number of halogens is 1. The number of alkyl halides is 1. The Morgan fingerprint density at radius 3 is 2.88 bits per heavy atom. The van der Waals surface area contributed by atoms with Crippen LogP contribution in [0.1, 0.15) is 31.2 Å². The van der Waals surface area contributed by atoms with E-state index >= 15 is 4.39 Å². The number of aliphatic hydroxyl groups is 3. The molecule has 33 heavy (non-hydrogen) atoms. The third-order valence-corrected chi connectivity index (χ3v) is 6.68. The van der Waals surface area contributed by atoms with Gasteiger partial charge in [-0.05, 0) is 19.4 Å². The number of H-pyrrole nitrogens is 1. The molecule has 4 N–H and O–H groups in total. The number of phosphoric acid groups is 1. The Balaban J connectivity index is 1.64. The van der Waals surface area contributed by atoms with Crippen molar-refractivity contribution in [3.05, 3.63) is 55.7 Å². The van der Waals surface area contributed by atoms with Gasteiger partial charge < -0.3 is 24.6 Å². The number of aliphatic hydroxyl groups excluding tert-OH is 3. The van der Waals surface area contributed by atoms with Crippen molar-refractivity contribution >= 4 is 20.0 Å². The second kappa shape index (κ2) is 8.67. The quantitative estimate of drug-likeness (QED) is 0.348. The molecule has 1 unspecified atom stereocenters. The van der Waals surface area contributed by atoms with E-state index < -0.39 is 51.0 Å². The fourth-order valence-corrected chi connectivity index (χ4v) is 4.92. The molecule has 0 bridgehead atoms. The number of hydrogen-bond acceptors (Lipinski definition) is 10. The summed E-state index contributed by atoms with van der Waals surface area (Å²) in [5.74, 6) is -3.72. The highest BCUT2D eigenvalue weighted by atomic mass is 32.1. The molecule has 1 fully saturated rings. The van der Waals surface area contributed by atoms with Crippen molar-refractivity contribution < 1.29 is 45.3 Å². The van der Waals surface area contributed by atoms with Gasteiger partial charge in [-0.2, -0.15) is 0 Å². The van der Waals surface area contributed by atoms with Crippen LogP contribution in [0.2, 0.25) is 0 Å². The first kappa shape index (κ1) is 21.6. The maximum Gasteiger partial charge on any atom is 0.530 e. The molecular weight excluding hydrogens is 482 g/mol. The summed E-state index contributed by atoms with van der Waals surface area (Å²) in [5.41, 5.74) is 0.950. The van der Waals surface area contributed by atoms with Gasteiger partial charge >= 0.3 is 13.5 Å². The van der Waals surface area contributed by atoms with Gasteiger partial charge in [-0.15, -0.1) is 0 Å². The number of rotatable bonds is 5. The summed E-state index contributed by atoms with van der Waals surface area (Å²) in [6, 6.07) is 3.42. The summed E-state index contributed by atoms with van der Waals surface area (Å²) in [4.78, 5) is 14.5. The van der Waals surface area contributed by atoms with Crippen molar-refractivity contribution in [1.29, 1.82) is 0 Å². The third kappa shape index (κ3) is 4.43. The number of nitrogens with one attached hydrogen (secondary N) is 1. The van der Waals surface area contributed by atoms with Crippen LogP contribution < -0.4 is 10.2 Å². The standard InChI is InChI=1S/C19H22FN2O9PS/c1-9-3-10(2)14-11(4-9)7-28-32(27,31-14)29-8-19(20)15(25)13(24)17(30-19)22-5-12(6-23)16(33)21-18(22)26/h3-5,13,15,17,23-25H,6-8H2,1-2H3,(H,21,26,33)/t13-,15+,17-,19-,32?/m1/s1/i8D2. The number of benzene rings is 1. The fourth-order valence-electron chi connectivity index (χ4n) is 3.56. The van der Waals surface area contributed by atoms with E-state index in [2.05, 4.69) is 4.98 Å². The Hall–Kier alpha value is -1.96. The number of phosphoric ester groups is 1. The van der Waals surface area contributed by atoms with Gasteiger partial charge in [0, 0.05) is 17.3 Å². The van der Waals surface area contributed by atoms with Gasteiger partial charge in [-0.3, -0.25) is 18.6 Å². The zero-order valence-electron chi connectivity index (χ0n) is 19.4. The highest BCUT2D eigenvalue weighted by Gasteiger charge is 2.57. The molecule has 2 aliphatic rings. The summed E-state index contributed by atoms with van der Waals surface area (Å²) in [6.07, 6.45) is -5.81. The first-order chi connectivity index (χ1) is 16.2. The summed E-state index contributed by atoms with van der Waals surface area (Å²) in [6.45, 7) is -1.15. The predicted molar refractivity (Wildman–Crippen MR) is 113 cm³/mol. The van der Waals surface area contributed by atoms with E-state index in [0.29, 0.717) is 15.7 Å². The van der Waals surface area contributed by atoms with Crippen molar-refractivity contribution in [2.45, 2.75) is 51.4 Å². The molecule has 1 aromatic heterocycles. The number of aromatic nitrogens is 2. The number of aryl methyl sites for hydroxylation is 2. The second-order valence-corrected chi connectivity index (χ2v) is 9.57. The predicted octanol–water partition coefficient (Wildman–Crippen LogP) is 1.67. The molecule has 2 aliphatic heterocycles. The van der Waals surface area contributed by atoms with Crippen LogP contribution in [0, 0.1) is 18.5 Å². The van der Waals surface area contributed by atoms with E-state index in [1.165, 1.54) is 0 Å². The number of fused-ring (bicyclic) bond motifs is 1. The normalized spacial score (nSPS) is 32.6. The van der Waals surface area contributed by atoms with E-state index in [1.54, 1.807) is 19.1 Å². The van der Waals surface area contributed by atoms with E-state index in [9.17, 15) is 24.7 Å². The molecule has 1 aromatic carbocycles. The maximum absolute atomic E-state index is 15.9. The average Bonchev–Trinajstić information content (AvgIpc) is 2.99.